The number of rotatable bonds is 8. The summed E-state index contributed by atoms with van der Waals surface area (Å²) in [5.74, 6) is 4.03. The first-order valence-corrected chi connectivity index (χ1v) is 11.0. The minimum absolute atomic E-state index is 1.07. The summed E-state index contributed by atoms with van der Waals surface area (Å²) in [7, 11) is -12.7. The van der Waals surface area contributed by atoms with E-state index in [-0.39, 0.29) is 0 Å². The van der Waals surface area contributed by atoms with E-state index in [9.17, 15) is 16.8 Å². The van der Waals surface area contributed by atoms with Crippen LogP contribution in [0.3, 0.4) is 0 Å². The molecule has 0 saturated carbocycles. The van der Waals surface area contributed by atoms with Gasteiger partial charge in [-0.05, 0) is 26.9 Å². The van der Waals surface area contributed by atoms with Gasteiger partial charge in [0.15, 0.2) is 0 Å². The van der Waals surface area contributed by atoms with Crippen LogP contribution in [0.5, 0.6) is 0 Å². The third-order valence-corrected chi connectivity index (χ3v) is 7.49. The third-order valence-electron chi connectivity index (χ3n) is 1.60. The Hall–Kier alpha value is -0.923. The first-order valence-electron chi connectivity index (χ1n) is 5.52. The maximum atomic E-state index is 11.5. The van der Waals surface area contributed by atoms with Gasteiger partial charge in [0.05, 0.1) is 0 Å². The Balaban J connectivity index is 4.94. The molecule has 0 aromatic heterocycles. The molecule has 120 valence electrons. The summed E-state index contributed by atoms with van der Waals surface area (Å²) < 4.78 is 64.2. The summed E-state index contributed by atoms with van der Waals surface area (Å²) in [6, 6.07) is 0. The summed E-state index contributed by atoms with van der Waals surface area (Å²) in [5.41, 5.74) is 0. The van der Waals surface area contributed by atoms with Crippen molar-refractivity contribution in [2.45, 2.75) is 39.1 Å². The van der Waals surface area contributed by atoms with E-state index in [4.69, 9.17) is 12.8 Å². The Morgan fingerprint density at radius 1 is 0.857 bits per heavy atom. The highest BCUT2D eigenvalue weighted by atomic mass is 32.3. The second kappa shape index (κ2) is 7.37. The zero-order valence-corrected chi connectivity index (χ0v) is 14.5. The first-order chi connectivity index (χ1) is 9.32. The molecular weight excluding hydrogens is 340 g/mol. The van der Waals surface area contributed by atoms with Gasteiger partial charge >= 0.3 is 29.4 Å². The maximum absolute atomic E-state index is 11.5. The summed E-state index contributed by atoms with van der Waals surface area (Å²) in [4.78, 5) is 0. The highest BCUT2D eigenvalue weighted by Crippen LogP contribution is 2.17. The highest BCUT2D eigenvalue weighted by Gasteiger charge is 2.39. The zero-order chi connectivity index (χ0) is 16.9. The molecule has 0 bridgehead atoms. The minimum Gasteiger partial charge on any atom is -0.262 e. The van der Waals surface area contributed by atoms with Crippen molar-refractivity contribution >= 4 is 29.4 Å². The quantitative estimate of drug-likeness (QED) is 0.451. The monoisotopic (exact) mass is 356 g/mol. The molecule has 21 heavy (non-hydrogen) atoms. The molecule has 0 aliphatic carbocycles. The predicted molar refractivity (Wildman–Crippen MR) is 76.3 cm³/mol. The van der Waals surface area contributed by atoms with Crippen LogP contribution in [0.25, 0.3) is 0 Å². The number of hydrogen-bond donors (Lipinski definition) is 0. The van der Waals surface area contributed by atoms with Crippen molar-refractivity contribution in [3.8, 4) is 24.7 Å². The van der Waals surface area contributed by atoms with E-state index in [0.29, 0.717) is 0 Å². The van der Waals surface area contributed by atoms with Gasteiger partial charge in [0.2, 0.25) is 0 Å². The first kappa shape index (κ1) is 20.1. The molecule has 0 rings (SSSR count). The van der Waals surface area contributed by atoms with E-state index in [0.717, 1.165) is 13.1 Å². The van der Waals surface area contributed by atoms with Crippen LogP contribution in [-0.2, 0) is 36.9 Å². The highest BCUT2D eigenvalue weighted by molar-refractivity contribution is 7.84. The van der Waals surface area contributed by atoms with E-state index in [2.05, 4.69) is 16.1 Å². The van der Waals surface area contributed by atoms with Crippen molar-refractivity contribution in [3.63, 3.8) is 0 Å². The Labute approximate surface area is 126 Å². The lowest BCUT2D eigenvalue weighted by Crippen LogP contribution is -2.41. The van der Waals surface area contributed by atoms with Gasteiger partial charge in [0.25, 0.3) is 0 Å². The number of hydrogen-bond acceptors (Lipinski definition) is 8. The fourth-order valence-corrected chi connectivity index (χ4v) is 6.38. The second-order valence-corrected chi connectivity index (χ2v) is 10.3. The minimum atomic E-state index is -4.52. The van der Waals surface area contributed by atoms with Crippen LogP contribution >= 0.6 is 0 Å². The van der Waals surface area contributed by atoms with E-state index in [1.165, 1.54) is 13.8 Å². The molecule has 0 aromatic carbocycles. The van der Waals surface area contributed by atoms with Crippen molar-refractivity contribution in [1.82, 2.24) is 0 Å². The summed E-state index contributed by atoms with van der Waals surface area (Å²) >= 11 is 0. The fraction of sp³-hybridized carbons (Fsp3) is 0.600. The zero-order valence-electron chi connectivity index (χ0n) is 11.9. The van der Waals surface area contributed by atoms with Crippen LogP contribution in [0.2, 0.25) is 13.1 Å². The average Bonchev–Trinajstić information content (AvgIpc) is 2.23. The summed E-state index contributed by atoms with van der Waals surface area (Å²) in [5, 5.41) is 0. The van der Waals surface area contributed by atoms with Gasteiger partial charge < -0.3 is 0 Å². The van der Waals surface area contributed by atoms with Crippen LogP contribution in [0.1, 0.15) is 13.8 Å². The second-order valence-electron chi connectivity index (χ2n) is 4.19. The van der Waals surface area contributed by atoms with Crippen LogP contribution in [-0.4, -0.2) is 37.6 Å². The molecule has 0 fully saturated rings. The van der Waals surface area contributed by atoms with Crippen molar-refractivity contribution in [2.24, 2.45) is 0 Å². The van der Waals surface area contributed by atoms with Crippen molar-refractivity contribution in [1.29, 1.82) is 0 Å². The molecule has 11 heteroatoms. The standard InChI is InChI=1S/C10H16O8S2Si/c1-7-9(3)15-19(11,12)17-21(5,6)18-20(13,14)16-10(4)8-2/h1-2,9-10H,3-6H3. The van der Waals surface area contributed by atoms with Gasteiger partial charge in [-0.1, -0.05) is 11.8 Å². The van der Waals surface area contributed by atoms with E-state index < -0.39 is 41.6 Å². The smallest absolute Gasteiger partial charge is 0.262 e. The van der Waals surface area contributed by atoms with Crippen LogP contribution in [0, 0.1) is 24.7 Å². The summed E-state index contributed by atoms with van der Waals surface area (Å²) in [6.07, 6.45) is 7.78. The lowest BCUT2D eigenvalue weighted by atomic mass is 10.4. The third kappa shape index (κ3) is 8.85. The number of terminal acetylenes is 2. The Bertz CT molecular complexity index is 582. The van der Waals surface area contributed by atoms with Gasteiger partial charge in [0, 0.05) is 0 Å². The largest absolute Gasteiger partial charge is 0.393 e. The van der Waals surface area contributed by atoms with E-state index in [1.54, 1.807) is 0 Å². The van der Waals surface area contributed by atoms with Crippen molar-refractivity contribution < 1.29 is 32.9 Å². The molecule has 0 heterocycles. The molecule has 0 radical (unpaired) electrons. The lowest BCUT2D eigenvalue weighted by molar-refractivity contribution is 0.217. The van der Waals surface area contributed by atoms with Gasteiger partial charge in [-0.15, -0.1) is 12.8 Å². The Morgan fingerprint density at radius 2 is 1.14 bits per heavy atom. The van der Waals surface area contributed by atoms with E-state index in [1.807, 2.05) is 11.8 Å². The normalized spacial score (nSPS) is 15.7. The summed E-state index contributed by atoms with van der Waals surface area (Å²) in [6.45, 7) is 4.92. The Kier molecular flexibility index (Phi) is 7.05. The molecule has 0 amide bonds. The molecule has 8 nitrogen and oxygen atoms in total. The molecule has 0 saturated heterocycles. The SMILES string of the molecule is C#CC(C)OS(=O)(=O)O[Si](C)(C)OS(=O)(=O)OC(C)C#C. The average molecular weight is 356 g/mol. The van der Waals surface area contributed by atoms with Gasteiger partial charge in [0.1, 0.15) is 12.2 Å². The molecule has 0 spiro atoms. The molecule has 0 N–H and O–H groups in total. The van der Waals surface area contributed by atoms with Gasteiger partial charge in [-0.3, -0.25) is 7.74 Å². The molecule has 0 aromatic rings. The molecule has 0 aliphatic heterocycles. The molecule has 2 atom stereocenters. The fourth-order valence-electron chi connectivity index (χ4n) is 0.954. The molecule has 0 aliphatic rings. The van der Waals surface area contributed by atoms with Gasteiger partial charge in [-0.25, -0.2) is 8.37 Å². The molecule has 2 unspecified atom stereocenters. The van der Waals surface area contributed by atoms with Crippen LogP contribution in [0.15, 0.2) is 0 Å². The van der Waals surface area contributed by atoms with Gasteiger partial charge in [-0.2, -0.15) is 16.8 Å². The lowest BCUT2D eigenvalue weighted by Gasteiger charge is -2.21. The maximum Gasteiger partial charge on any atom is 0.393 e. The van der Waals surface area contributed by atoms with Crippen molar-refractivity contribution in [3.05, 3.63) is 0 Å². The topological polar surface area (TPSA) is 105 Å². The van der Waals surface area contributed by atoms with Crippen molar-refractivity contribution in [2.75, 3.05) is 0 Å². The Morgan fingerprint density at radius 3 is 1.38 bits per heavy atom. The van der Waals surface area contributed by atoms with Crippen LogP contribution in [0.4, 0.5) is 0 Å². The van der Waals surface area contributed by atoms with E-state index >= 15 is 0 Å². The predicted octanol–water partition coefficient (Wildman–Crippen LogP) is 0.288. The molecular formula is C10H16O8S2Si. The van der Waals surface area contributed by atoms with Crippen LogP contribution < -0.4 is 0 Å².